The molecule has 1 aromatic rings. The van der Waals surface area contributed by atoms with E-state index in [1.807, 2.05) is 0 Å². The second kappa shape index (κ2) is 5.87. The number of halogens is 2. The first-order valence-corrected chi connectivity index (χ1v) is 8.56. The lowest BCUT2D eigenvalue weighted by Crippen LogP contribution is -2.39. The first kappa shape index (κ1) is 14.9. The summed E-state index contributed by atoms with van der Waals surface area (Å²) in [6.07, 6.45) is 1.48. The molecular weight excluding hydrogens is 309 g/mol. The van der Waals surface area contributed by atoms with Gasteiger partial charge in [0, 0.05) is 23.2 Å². The normalized spacial score (nSPS) is 22.3. The molecule has 1 aliphatic rings. The van der Waals surface area contributed by atoms with Crippen LogP contribution in [0.4, 0.5) is 0 Å². The van der Waals surface area contributed by atoms with Gasteiger partial charge in [0.15, 0.2) is 9.84 Å². The first-order valence-electron chi connectivity index (χ1n) is 5.98. The lowest BCUT2D eigenvalue weighted by Gasteiger charge is -2.23. The van der Waals surface area contributed by atoms with Gasteiger partial charge in [-0.25, -0.2) is 8.42 Å². The van der Waals surface area contributed by atoms with Gasteiger partial charge in [-0.15, -0.1) is 0 Å². The SMILES string of the molecule is O=S1(=O)CCCC(NCc2cc(Cl)cc(Cl)c2O)C1. The maximum absolute atomic E-state index is 11.5. The lowest BCUT2D eigenvalue weighted by molar-refractivity contribution is 0.449. The summed E-state index contributed by atoms with van der Waals surface area (Å²) >= 11 is 11.7. The Bertz CT molecular complexity index is 575. The number of benzene rings is 1. The zero-order valence-electron chi connectivity index (χ0n) is 10.2. The fourth-order valence-electron chi connectivity index (χ4n) is 2.19. The molecule has 0 bridgehead atoms. The van der Waals surface area contributed by atoms with Crippen LogP contribution in [-0.4, -0.2) is 31.1 Å². The van der Waals surface area contributed by atoms with Crippen LogP contribution in [0.5, 0.6) is 5.75 Å². The van der Waals surface area contributed by atoms with Gasteiger partial charge < -0.3 is 10.4 Å². The van der Waals surface area contributed by atoms with Crippen LogP contribution in [0.15, 0.2) is 12.1 Å². The summed E-state index contributed by atoms with van der Waals surface area (Å²) in [6.45, 7) is 0.340. The Hall–Kier alpha value is -0.490. The van der Waals surface area contributed by atoms with Crippen molar-refractivity contribution in [3.05, 3.63) is 27.7 Å². The largest absolute Gasteiger partial charge is 0.506 e. The van der Waals surface area contributed by atoms with Gasteiger partial charge in [0.2, 0.25) is 0 Å². The van der Waals surface area contributed by atoms with Crippen molar-refractivity contribution in [2.45, 2.75) is 25.4 Å². The van der Waals surface area contributed by atoms with E-state index in [0.29, 0.717) is 23.6 Å². The molecule has 0 aliphatic carbocycles. The third kappa shape index (κ3) is 3.99. The van der Waals surface area contributed by atoms with Gasteiger partial charge in [0.05, 0.1) is 16.5 Å². The van der Waals surface area contributed by atoms with Gasteiger partial charge in [0.25, 0.3) is 0 Å². The lowest BCUT2D eigenvalue weighted by atomic mass is 10.1. The van der Waals surface area contributed by atoms with Gasteiger partial charge in [-0.2, -0.15) is 0 Å². The summed E-state index contributed by atoms with van der Waals surface area (Å²) in [5, 5.41) is 13.6. The molecule has 1 unspecified atom stereocenters. The molecule has 19 heavy (non-hydrogen) atoms. The standard InChI is InChI=1S/C12H15Cl2NO3S/c13-9-4-8(12(16)11(14)5-9)6-15-10-2-1-3-19(17,18)7-10/h4-5,10,15-16H,1-3,6-7H2. The number of hydrogen-bond donors (Lipinski definition) is 2. The Kier molecular flexibility index (Phi) is 4.61. The van der Waals surface area contributed by atoms with E-state index in [4.69, 9.17) is 23.2 Å². The Balaban J connectivity index is 2.03. The van der Waals surface area contributed by atoms with Gasteiger partial charge in [0.1, 0.15) is 5.75 Å². The number of nitrogens with one attached hydrogen (secondary N) is 1. The van der Waals surface area contributed by atoms with E-state index >= 15 is 0 Å². The van der Waals surface area contributed by atoms with Crippen LogP contribution >= 0.6 is 23.2 Å². The predicted molar refractivity (Wildman–Crippen MR) is 76.6 cm³/mol. The maximum Gasteiger partial charge on any atom is 0.151 e. The molecule has 0 amide bonds. The van der Waals surface area contributed by atoms with Gasteiger partial charge >= 0.3 is 0 Å². The van der Waals surface area contributed by atoms with Crippen LogP contribution < -0.4 is 5.32 Å². The number of phenols is 1. The minimum absolute atomic E-state index is 0.0165. The fourth-order valence-corrected chi connectivity index (χ4v) is 4.40. The molecule has 1 heterocycles. The van der Waals surface area contributed by atoms with Gasteiger partial charge in [-0.3, -0.25) is 0 Å². The van der Waals surface area contributed by atoms with Crippen molar-refractivity contribution in [3.63, 3.8) is 0 Å². The van der Waals surface area contributed by atoms with Crippen LogP contribution in [0.25, 0.3) is 0 Å². The molecule has 0 saturated carbocycles. The van der Waals surface area contributed by atoms with E-state index in [9.17, 15) is 13.5 Å². The summed E-state index contributed by atoms with van der Waals surface area (Å²) in [4.78, 5) is 0. The Morgan fingerprint density at radius 2 is 2.11 bits per heavy atom. The molecule has 1 saturated heterocycles. The van der Waals surface area contributed by atoms with Crippen molar-refractivity contribution in [3.8, 4) is 5.75 Å². The molecule has 7 heteroatoms. The highest BCUT2D eigenvalue weighted by Gasteiger charge is 2.24. The second-order valence-corrected chi connectivity index (χ2v) is 7.80. The Morgan fingerprint density at radius 3 is 2.79 bits per heavy atom. The van der Waals surface area contributed by atoms with Crippen LogP contribution in [0.1, 0.15) is 18.4 Å². The minimum atomic E-state index is -2.94. The van der Waals surface area contributed by atoms with E-state index in [2.05, 4.69) is 5.32 Å². The molecule has 0 radical (unpaired) electrons. The minimum Gasteiger partial charge on any atom is -0.506 e. The highest BCUT2D eigenvalue weighted by atomic mass is 35.5. The van der Waals surface area contributed by atoms with Crippen molar-refractivity contribution in [1.82, 2.24) is 5.32 Å². The molecule has 0 aromatic heterocycles. The van der Waals surface area contributed by atoms with E-state index in [-0.39, 0.29) is 28.3 Å². The van der Waals surface area contributed by atoms with Gasteiger partial charge in [-0.1, -0.05) is 23.2 Å². The Labute approximate surface area is 122 Å². The predicted octanol–water partition coefficient (Wildman–Crippen LogP) is 2.37. The molecular formula is C12H15Cl2NO3S. The summed E-state index contributed by atoms with van der Waals surface area (Å²) in [6, 6.07) is 3.00. The second-order valence-electron chi connectivity index (χ2n) is 4.73. The summed E-state index contributed by atoms with van der Waals surface area (Å²) in [5.74, 6) is 0.388. The van der Waals surface area contributed by atoms with Crippen molar-refractivity contribution < 1.29 is 13.5 Å². The van der Waals surface area contributed by atoms with E-state index in [1.165, 1.54) is 6.07 Å². The molecule has 2 N–H and O–H groups in total. The van der Waals surface area contributed by atoms with E-state index in [1.54, 1.807) is 6.07 Å². The van der Waals surface area contributed by atoms with Crippen molar-refractivity contribution in [2.75, 3.05) is 11.5 Å². The van der Waals surface area contributed by atoms with Gasteiger partial charge in [-0.05, 0) is 25.0 Å². The summed E-state index contributed by atoms with van der Waals surface area (Å²) in [5.41, 5.74) is 0.570. The highest BCUT2D eigenvalue weighted by molar-refractivity contribution is 7.91. The fraction of sp³-hybridized carbons (Fsp3) is 0.500. The van der Waals surface area contributed by atoms with E-state index in [0.717, 1.165) is 6.42 Å². The summed E-state index contributed by atoms with van der Waals surface area (Å²) < 4.78 is 23.0. The van der Waals surface area contributed by atoms with Crippen LogP contribution in [-0.2, 0) is 16.4 Å². The molecule has 1 aliphatic heterocycles. The van der Waals surface area contributed by atoms with Crippen molar-refractivity contribution >= 4 is 33.0 Å². The third-order valence-corrected chi connectivity index (χ3v) is 5.48. The zero-order valence-corrected chi connectivity index (χ0v) is 12.5. The summed E-state index contributed by atoms with van der Waals surface area (Å²) in [7, 11) is -2.94. The first-order chi connectivity index (χ1) is 8.87. The van der Waals surface area contributed by atoms with Crippen LogP contribution in [0.3, 0.4) is 0 Å². The van der Waals surface area contributed by atoms with E-state index < -0.39 is 9.84 Å². The maximum atomic E-state index is 11.5. The number of sulfone groups is 1. The monoisotopic (exact) mass is 323 g/mol. The number of phenolic OH excluding ortho intramolecular Hbond substituents is 1. The quantitative estimate of drug-likeness (QED) is 0.896. The Morgan fingerprint density at radius 1 is 1.37 bits per heavy atom. The number of rotatable bonds is 3. The molecule has 4 nitrogen and oxygen atoms in total. The highest BCUT2D eigenvalue weighted by Crippen LogP contribution is 2.31. The molecule has 1 aromatic carbocycles. The third-order valence-electron chi connectivity index (χ3n) is 3.15. The van der Waals surface area contributed by atoms with Crippen LogP contribution in [0.2, 0.25) is 10.0 Å². The molecule has 1 atom stereocenters. The smallest absolute Gasteiger partial charge is 0.151 e. The molecule has 2 rings (SSSR count). The van der Waals surface area contributed by atoms with Crippen molar-refractivity contribution in [2.24, 2.45) is 0 Å². The number of hydrogen-bond acceptors (Lipinski definition) is 4. The topological polar surface area (TPSA) is 66.4 Å². The average molecular weight is 324 g/mol. The molecule has 1 fully saturated rings. The van der Waals surface area contributed by atoms with Crippen molar-refractivity contribution in [1.29, 1.82) is 0 Å². The van der Waals surface area contributed by atoms with Crippen LogP contribution in [0, 0.1) is 0 Å². The zero-order chi connectivity index (χ0) is 14.0. The molecule has 106 valence electrons. The molecule has 0 spiro atoms. The number of aromatic hydroxyl groups is 1. The average Bonchev–Trinajstić information content (AvgIpc) is 2.31.